The van der Waals surface area contributed by atoms with Gasteiger partial charge < -0.3 is 15.0 Å². The zero-order chi connectivity index (χ0) is 13.9. The highest BCUT2D eigenvalue weighted by atomic mass is 127. The molecule has 0 saturated carbocycles. The van der Waals surface area contributed by atoms with Crippen molar-refractivity contribution >= 4 is 42.6 Å². The van der Waals surface area contributed by atoms with Gasteiger partial charge in [-0.1, -0.05) is 0 Å². The van der Waals surface area contributed by atoms with Crippen LogP contribution in [0.5, 0.6) is 5.75 Å². The third-order valence-electron chi connectivity index (χ3n) is 3.71. The average molecular weight is 392 g/mol. The molecule has 2 heterocycles. The van der Waals surface area contributed by atoms with Crippen LogP contribution in [0.3, 0.4) is 0 Å². The second-order valence-electron chi connectivity index (χ2n) is 4.70. The van der Waals surface area contributed by atoms with Crippen molar-refractivity contribution in [1.82, 2.24) is 5.32 Å². The van der Waals surface area contributed by atoms with Crippen LogP contribution in [0.4, 0.5) is 5.69 Å². The normalized spacial score (nSPS) is 24.8. The molecule has 2 aliphatic rings. The van der Waals surface area contributed by atoms with Crippen LogP contribution in [0.1, 0.15) is 12.8 Å². The van der Waals surface area contributed by atoms with E-state index >= 15 is 0 Å². The van der Waals surface area contributed by atoms with E-state index in [9.17, 15) is 4.79 Å². The molecule has 1 N–H and O–H groups in total. The minimum atomic E-state index is -0.250. The molecule has 0 aliphatic carbocycles. The molecule has 2 fully saturated rings. The number of methoxy groups -OCH3 is 1. The summed E-state index contributed by atoms with van der Waals surface area (Å²) in [5.41, 5.74) is 0.704. The Balaban J connectivity index is 0.000000637. The standard InChI is InChI=1S/C13H16N2O2.HIS/c1-17-11-5-3-10(4-6-11)15-9-13(12(15)16)7-2-8-14-13;1-2/h3-6,14H,2,7-9H2,1H3;2H. The summed E-state index contributed by atoms with van der Waals surface area (Å²) in [5, 5.41) is 3.33. The number of nitrogens with zero attached hydrogens (tertiary/aromatic N) is 1. The molecule has 104 valence electrons. The lowest BCUT2D eigenvalue weighted by molar-refractivity contribution is -0.129. The molecule has 1 amide bonds. The van der Waals surface area contributed by atoms with Gasteiger partial charge >= 0.3 is 0 Å². The van der Waals surface area contributed by atoms with E-state index in [-0.39, 0.29) is 11.4 Å². The summed E-state index contributed by atoms with van der Waals surface area (Å²) in [6, 6.07) is 7.63. The van der Waals surface area contributed by atoms with Crippen molar-refractivity contribution in [1.29, 1.82) is 0 Å². The van der Waals surface area contributed by atoms with Crippen LogP contribution in [0.2, 0.25) is 0 Å². The Morgan fingerprint density at radius 3 is 2.53 bits per heavy atom. The quantitative estimate of drug-likeness (QED) is 0.462. The van der Waals surface area contributed by atoms with Crippen molar-refractivity contribution < 1.29 is 9.53 Å². The molecule has 1 aromatic rings. The monoisotopic (exact) mass is 392 g/mol. The summed E-state index contributed by atoms with van der Waals surface area (Å²) in [5.74, 6) is 1.02. The zero-order valence-corrected chi connectivity index (χ0v) is 13.8. The predicted octanol–water partition coefficient (Wildman–Crippen LogP) is 2.43. The summed E-state index contributed by atoms with van der Waals surface area (Å²) in [6.07, 6.45) is 2.07. The molecule has 0 bridgehead atoms. The maximum absolute atomic E-state index is 12.2. The summed E-state index contributed by atoms with van der Waals surface area (Å²) in [4.78, 5) is 14.0. The molecular weight excluding hydrogens is 375 g/mol. The molecule has 19 heavy (non-hydrogen) atoms. The van der Waals surface area contributed by atoms with Crippen LogP contribution in [-0.2, 0) is 4.79 Å². The molecule has 4 nitrogen and oxygen atoms in total. The highest BCUT2D eigenvalue weighted by Gasteiger charge is 2.53. The Morgan fingerprint density at radius 2 is 2.05 bits per heavy atom. The minimum Gasteiger partial charge on any atom is -0.497 e. The van der Waals surface area contributed by atoms with Gasteiger partial charge in [0, 0.05) is 5.69 Å². The van der Waals surface area contributed by atoms with Crippen LogP contribution in [-0.4, -0.2) is 31.6 Å². The lowest BCUT2D eigenvalue weighted by Crippen LogP contribution is -2.71. The fraction of sp³-hybridized carbons (Fsp3) is 0.462. The maximum Gasteiger partial charge on any atom is 0.249 e. The fourth-order valence-corrected chi connectivity index (χ4v) is 2.67. The first-order valence-electron chi connectivity index (χ1n) is 6.13. The van der Waals surface area contributed by atoms with Gasteiger partial charge in [-0.25, -0.2) is 0 Å². The lowest BCUT2D eigenvalue weighted by atomic mass is 9.86. The summed E-state index contributed by atoms with van der Waals surface area (Å²) >= 11 is 1.84. The third kappa shape index (κ3) is 2.71. The van der Waals surface area contributed by atoms with Crippen LogP contribution in [0, 0.1) is 0 Å². The van der Waals surface area contributed by atoms with Crippen molar-refractivity contribution in [3.8, 4) is 5.75 Å². The number of nitrogens with one attached hydrogen (secondary N) is 1. The molecule has 2 aliphatic heterocycles. The van der Waals surface area contributed by atoms with Gasteiger partial charge in [-0.2, -0.15) is 0 Å². The smallest absolute Gasteiger partial charge is 0.249 e. The van der Waals surface area contributed by atoms with E-state index in [2.05, 4.69) is 15.1 Å². The third-order valence-corrected chi connectivity index (χ3v) is 3.71. The Labute approximate surface area is 130 Å². The molecule has 3 rings (SSSR count). The number of carbonyl (C=O) groups excluding carboxylic acids is 1. The summed E-state index contributed by atoms with van der Waals surface area (Å²) < 4.78 is 5.10. The number of benzene rings is 1. The first-order chi connectivity index (χ1) is 9.25. The Bertz CT molecular complexity index is 446. The number of rotatable bonds is 2. The number of anilines is 1. The average Bonchev–Trinajstić information content (AvgIpc) is 2.99. The number of halogens is 1. The number of hydrogen-bond donors (Lipinski definition) is 2. The van der Waals surface area contributed by atoms with E-state index < -0.39 is 0 Å². The van der Waals surface area contributed by atoms with Crippen molar-refractivity contribution in [3.05, 3.63) is 24.3 Å². The highest BCUT2D eigenvalue weighted by molar-refractivity contribution is 14.2. The van der Waals surface area contributed by atoms with E-state index in [1.165, 1.54) is 0 Å². The molecule has 2 saturated heterocycles. The van der Waals surface area contributed by atoms with Crippen molar-refractivity contribution in [2.75, 3.05) is 25.1 Å². The largest absolute Gasteiger partial charge is 0.497 e. The van der Waals surface area contributed by atoms with Crippen LogP contribution in [0.25, 0.3) is 0 Å². The number of β-lactam (4-membered cyclic amide) rings is 1. The van der Waals surface area contributed by atoms with Gasteiger partial charge in [-0.3, -0.25) is 4.79 Å². The highest BCUT2D eigenvalue weighted by Crippen LogP contribution is 2.35. The van der Waals surface area contributed by atoms with Gasteiger partial charge in [0.05, 0.1) is 13.7 Å². The van der Waals surface area contributed by atoms with E-state index in [0.29, 0.717) is 0 Å². The number of hydrogen-bond acceptors (Lipinski definition) is 4. The predicted molar refractivity (Wildman–Crippen MR) is 88.3 cm³/mol. The SMILES string of the molecule is COc1ccc(N2CC3(CCCN3)C2=O)cc1.SI. The van der Waals surface area contributed by atoms with E-state index in [0.717, 1.165) is 37.4 Å². The molecule has 1 atom stereocenters. The van der Waals surface area contributed by atoms with E-state index in [4.69, 9.17) is 4.74 Å². The fourth-order valence-electron chi connectivity index (χ4n) is 2.67. The van der Waals surface area contributed by atoms with Gasteiger partial charge in [-0.05, 0) is 64.9 Å². The first-order valence-corrected chi connectivity index (χ1v) is 9.36. The molecule has 0 aromatic heterocycles. The number of thiol groups is 1. The van der Waals surface area contributed by atoms with E-state index in [1.807, 2.05) is 50.4 Å². The van der Waals surface area contributed by atoms with Crippen LogP contribution in [0.15, 0.2) is 24.3 Å². The van der Waals surface area contributed by atoms with Crippen LogP contribution < -0.4 is 15.0 Å². The van der Waals surface area contributed by atoms with Gasteiger partial charge in [0.2, 0.25) is 5.91 Å². The molecular formula is C13H17IN2O2S. The Hall–Kier alpha value is -0.470. The second-order valence-corrected chi connectivity index (χ2v) is 4.70. The first kappa shape index (κ1) is 14.9. The molecule has 1 unspecified atom stereocenters. The number of carbonyl (C=O) groups is 1. The maximum atomic E-state index is 12.2. The van der Waals surface area contributed by atoms with Crippen LogP contribution >= 0.6 is 31.0 Å². The molecule has 0 radical (unpaired) electrons. The second kappa shape index (κ2) is 6.32. The Kier molecular flexibility index (Phi) is 4.97. The van der Waals surface area contributed by atoms with Gasteiger partial charge in [0.15, 0.2) is 0 Å². The topological polar surface area (TPSA) is 41.6 Å². The minimum absolute atomic E-state index is 0.208. The van der Waals surface area contributed by atoms with Crippen molar-refractivity contribution in [2.45, 2.75) is 18.4 Å². The molecule has 1 aromatic carbocycles. The van der Waals surface area contributed by atoms with Crippen molar-refractivity contribution in [3.63, 3.8) is 0 Å². The zero-order valence-electron chi connectivity index (χ0n) is 10.7. The molecule has 6 heteroatoms. The number of amides is 1. The summed E-state index contributed by atoms with van der Waals surface area (Å²) in [7, 11) is 5.14. The molecule has 1 spiro atoms. The lowest BCUT2D eigenvalue weighted by Gasteiger charge is -2.46. The number of ether oxygens (including phenoxy) is 1. The van der Waals surface area contributed by atoms with Crippen molar-refractivity contribution in [2.24, 2.45) is 0 Å². The van der Waals surface area contributed by atoms with Gasteiger partial charge in [-0.15, -0.1) is 9.80 Å². The summed E-state index contributed by atoms with van der Waals surface area (Å²) in [6.45, 7) is 1.75. The van der Waals surface area contributed by atoms with Gasteiger partial charge in [0.1, 0.15) is 11.3 Å². The van der Waals surface area contributed by atoms with E-state index in [1.54, 1.807) is 7.11 Å². The van der Waals surface area contributed by atoms with Gasteiger partial charge in [0.25, 0.3) is 0 Å². The Morgan fingerprint density at radius 1 is 1.37 bits per heavy atom.